The standard InChI is InChI=1S/C30H58O4/c1-7-25(8-2)19-21-27(11-5)17-13-15-23-33-29(31)30(32)34-24-16-14-18-28(12-6)22-20-26(9-3)10-4/h25-28H,7-24H2,1-6H3. The van der Waals surface area contributed by atoms with Gasteiger partial charge in [-0.15, -0.1) is 0 Å². The number of carbonyl (C=O) groups is 2. The molecule has 4 nitrogen and oxygen atoms in total. The van der Waals surface area contributed by atoms with Crippen LogP contribution in [0.25, 0.3) is 0 Å². The fourth-order valence-corrected chi connectivity index (χ4v) is 4.96. The number of esters is 2. The van der Waals surface area contributed by atoms with Gasteiger partial charge < -0.3 is 9.47 Å². The van der Waals surface area contributed by atoms with E-state index in [-0.39, 0.29) is 0 Å². The maximum atomic E-state index is 11.9. The van der Waals surface area contributed by atoms with Gasteiger partial charge in [-0.05, 0) is 49.4 Å². The highest BCUT2D eigenvalue weighted by Crippen LogP contribution is 2.25. The Kier molecular flexibility index (Phi) is 21.7. The lowest BCUT2D eigenvalue weighted by atomic mass is 9.88. The quantitative estimate of drug-likeness (QED) is 0.0878. The van der Waals surface area contributed by atoms with Gasteiger partial charge in [0.15, 0.2) is 0 Å². The topological polar surface area (TPSA) is 52.6 Å². The average Bonchev–Trinajstić information content (AvgIpc) is 2.86. The molecule has 202 valence electrons. The fraction of sp³-hybridized carbons (Fsp3) is 0.933. The maximum absolute atomic E-state index is 11.9. The summed E-state index contributed by atoms with van der Waals surface area (Å²) in [5.41, 5.74) is 0. The Labute approximate surface area is 212 Å². The maximum Gasteiger partial charge on any atom is 0.417 e. The second kappa shape index (κ2) is 22.4. The summed E-state index contributed by atoms with van der Waals surface area (Å²) < 4.78 is 10.3. The number of carbonyl (C=O) groups excluding carboxylic acids is 2. The Morgan fingerprint density at radius 2 is 0.735 bits per heavy atom. The minimum atomic E-state index is -0.836. The van der Waals surface area contributed by atoms with Crippen LogP contribution in [0.1, 0.15) is 144 Å². The predicted octanol–water partition coefficient (Wildman–Crippen LogP) is 8.90. The van der Waals surface area contributed by atoms with Gasteiger partial charge in [0.25, 0.3) is 0 Å². The number of ether oxygens (including phenoxy) is 2. The lowest BCUT2D eigenvalue weighted by Gasteiger charge is -2.18. The first-order valence-electron chi connectivity index (χ1n) is 14.8. The van der Waals surface area contributed by atoms with Gasteiger partial charge >= 0.3 is 11.9 Å². The normalized spacial score (nSPS) is 13.3. The third kappa shape index (κ3) is 16.5. The van der Waals surface area contributed by atoms with Crippen molar-refractivity contribution in [1.29, 1.82) is 0 Å². The highest BCUT2D eigenvalue weighted by atomic mass is 16.6. The summed E-state index contributed by atoms with van der Waals surface area (Å²) in [5, 5.41) is 0. The van der Waals surface area contributed by atoms with Crippen molar-refractivity contribution >= 4 is 11.9 Å². The van der Waals surface area contributed by atoms with Gasteiger partial charge in [-0.25, -0.2) is 9.59 Å². The van der Waals surface area contributed by atoms with Gasteiger partial charge in [-0.3, -0.25) is 0 Å². The Hall–Kier alpha value is -1.06. The number of rotatable bonds is 22. The molecule has 0 rings (SSSR count). The van der Waals surface area contributed by atoms with E-state index in [1.54, 1.807) is 0 Å². The van der Waals surface area contributed by atoms with E-state index in [0.29, 0.717) is 13.2 Å². The molecule has 4 heteroatoms. The van der Waals surface area contributed by atoms with Crippen molar-refractivity contribution in [3.05, 3.63) is 0 Å². The summed E-state index contributed by atoms with van der Waals surface area (Å²) in [6.45, 7) is 14.3. The molecule has 0 bridgehead atoms. The average molecular weight is 483 g/mol. The van der Waals surface area contributed by atoms with E-state index >= 15 is 0 Å². The molecule has 2 atom stereocenters. The van der Waals surface area contributed by atoms with Crippen LogP contribution in [0, 0.1) is 23.7 Å². The van der Waals surface area contributed by atoms with E-state index in [9.17, 15) is 9.59 Å². The first kappa shape index (κ1) is 32.9. The molecule has 0 aliphatic rings. The van der Waals surface area contributed by atoms with Crippen LogP contribution in [-0.2, 0) is 19.1 Å². The van der Waals surface area contributed by atoms with Gasteiger partial charge in [-0.1, -0.05) is 119 Å². The molecule has 0 aromatic carbocycles. The molecule has 0 aromatic heterocycles. The van der Waals surface area contributed by atoms with E-state index in [2.05, 4.69) is 41.5 Å². The molecular formula is C30H58O4. The summed E-state index contributed by atoms with van der Waals surface area (Å²) >= 11 is 0. The first-order chi connectivity index (χ1) is 16.4. The van der Waals surface area contributed by atoms with Crippen LogP contribution in [0.5, 0.6) is 0 Å². The van der Waals surface area contributed by atoms with Gasteiger partial charge in [0, 0.05) is 0 Å². The molecule has 0 N–H and O–H groups in total. The molecule has 2 unspecified atom stereocenters. The number of hydrogen-bond acceptors (Lipinski definition) is 4. The summed E-state index contributed by atoms with van der Waals surface area (Å²) in [6.07, 6.45) is 18.8. The Morgan fingerprint density at radius 3 is 1.03 bits per heavy atom. The van der Waals surface area contributed by atoms with Crippen molar-refractivity contribution in [3.63, 3.8) is 0 Å². The van der Waals surface area contributed by atoms with Crippen molar-refractivity contribution in [2.45, 2.75) is 144 Å². The third-order valence-corrected chi connectivity index (χ3v) is 8.08. The van der Waals surface area contributed by atoms with Crippen molar-refractivity contribution in [2.75, 3.05) is 13.2 Å². The molecule has 0 saturated heterocycles. The Morgan fingerprint density at radius 1 is 0.441 bits per heavy atom. The van der Waals surface area contributed by atoms with Crippen LogP contribution in [0.4, 0.5) is 0 Å². The zero-order valence-corrected chi connectivity index (χ0v) is 23.7. The highest BCUT2D eigenvalue weighted by Gasteiger charge is 2.17. The zero-order chi connectivity index (χ0) is 25.6. The largest absolute Gasteiger partial charge is 0.457 e. The van der Waals surface area contributed by atoms with Gasteiger partial charge in [0.1, 0.15) is 0 Å². The molecular weight excluding hydrogens is 424 g/mol. The smallest absolute Gasteiger partial charge is 0.417 e. The molecule has 0 aromatic rings. The van der Waals surface area contributed by atoms with Crippen molar-refractivity contribution in [1.82, 2.24) is 0 Å². The number of unbranched alkanes of at least 4 members (excludes halogenated alkanes) is 2. The van der Waals surface area contributed by atoms with Crippen LogP contribution in [0.2, 0.25) is 0 Å². The molecule has 0 radical (unpaired) electrons. The van der Waals surface area contributed by atoms with Crippen LogP contribution in [-0.4, -0.2) is 25.2 Å². The highest BCUT2D eigenvalue weighted by molar-refractivity contribution is 6.29. The van der Waals surface area contributed by atoms with E-state index in [1.807, 2.05) is 0 Å². The van der Waals surface area contributed by atoms with Crippen LogP contribution < -0.4 is 0 Å². The molecule has 0 heterocycles. The zero-order valence-electron chi connectivity index (χ0n) is 23.7. The monoisotopic (exact) mass is 482 g/mol. The van der Waals surface area contributed by atoms with Crippen LogP contribution >= 0.6 is 0 Å². The minimum Gasteiger partial charge on any atom is -0.457 e. The summed E-state index contributed by atoms with van der Waals surface area (Å²) in [6, 6.07) is 0. The lowest BCUT2D eigenvalue weighted by molar-refractivity contribution is -0.167. The van der Waals surface area contributed by atoms with E-state index in [4.69, 9.17) is 9.47 Å². The SMILES string of the molecule is CCC(CC)CCC(CC)CCCCOC(=O)C(=O)OCCCCC(CC)CCC(CC)CC. The van der Waals surface area contributed by atoms with Gasteiger partial charge in [0.2, 0.25) is 0 Å². The number of hydrogen-bond donors (Lipinski definition) is 0. The summed E-state index contributed by atoms with van der Waals surface area (Å²) in [5.74, 6) is 1.55. The first-order valence-corrected chi connectivity index (χ1v) is 14.8. The summed E-state index contributed by atoms with van der Waals surface area (Å²) in [7, 11) is 0. The molecule has 0 saturated carbocycles. The second-order valence-corrected chi connectivity index (χ2v) is 10.3. The van der Waals surface area contributed by atoms with Gasteiger partial charge in [-0.2, -0.15) is 0 Å². The Balaban J connectivity index is 3.86. The molecule has 0 aliphatic heterocycles. The van der Waals surface area contributed by atoms with E-state index in [1.165, 1.54) is 77.0 Å². The molecule has 0 fully saturated rings. The molecule has 0 aliphatic carbocycles. The second-order valence-electron chi connectivity index (χ2n) is 10.3. The van der Waals surface area contributed by atoms with Crippen LogP contribution in [0.15, 0.2) is 0 Å². The van der Waals surface area contributed by atoms with Crippen LogP contribution in [0.3, 0.4) is 0 Å². The van der Waals surface area contributed by atoms with Crippen molar-refractivity contribution in [2.24, 2.45) is 23.7 Å². The third-order valence-electron chi connectivity index (χ3n) is 8.08. The van der Waals surface area contributed by atoms with Crippen molar-refractivity contribution < 1.29 is 19.1 Å². The Bertz CT molecular complexity index is 438. The summed E-state index contributed by atoms with van der Waals surface area (Å²) in [4.78, 5) is 23.7. The molecule has 34 heavy (non-hydrogen) atoms. The van der Waals surface area contributed by atoms with E-state index in [0.717, 1.165) is 49.4 Å². The lowest BCUT2D eigenvalue weighted by Crippen LogP contribution is -2.21. The van der Waals surface area contributed by atoms with Crippen molar-refractivity contribution in [3.8, 4) is 0 Å². The molecule has 0 amide bonds. The predicted molar refractivity (Wildman–Crippen MR) is 144 cm³/mol. The fourth-order valence-electron chi connectivity index (χ4n) is 4.96. The van der Waals surface area contributed by atoms with Gasteiger partial charge in [0.05, 0.1) is 13.2 Å². The minimum absolute atomic E-state index is 0.311. The molecule has 0 spiro atoms. The van der Waals surface area contributed by atoms with E-state index < -0.39 is 11.9 Å².